The van der Waals surface area contributed by atoms with Gasteiger partial charge in [-0.1, -0.05) is 0 Å². The van der Waals surface area contributed by atoms with Crippen molar-refractivity contribution in [3.63, 3.8) is 0 Å². The van der Waals surface area contributed by atoms with Crippen LogP contribution in [0, 0.1) is 0 Å². The van der Waals surface area contributed by atoms with Gasteiger partial charge in [0.1, 0.15) is 0 Å². The molecule has 0 radical (unpaired) electrons. The van der Waals surface area contributed by atoms with E-state index in [1.54, 1.807) is 0 Å². The van der Waals surface area contributed by atoms with Gasteiger partial charge in [0.05, 0.1) is 19.5 Å². The quantitative estimate of drug-likeness (QED) is 0.249. The van der Waals surface area contributed by atoms with Gasteiger partial charge in [0.25, 0.3) is 15.3 Å². The largest absolute Gasteiger partial charge is 1.00 e. The topological polar surface area (TPSA) is 136 Å². The van der Waals surface area contributed by atoms with E-state index >= 15 is 0 Å². The molecule has 19 heavy (non-hydrogen) atoms. The van der Waals surface area contributed by atoms with Crippen molar-refractivity contribution in [3.05, 3.63) is 0 Å². The number of rotatable bonds is 8. The molecule has 0 spiro atoms. The predicted molar refractivity (Wildman–Crippen MR) is 59.5 cm³/mol. The molecule has 0 rings (SSSR count). The molecule has 0 saturated carbocycles. The van der Waals surface area contributed by atoms with Gasteiger partial charge in [-0.15, -0.1) is 0 Å². The Balaban J connectivity index is 0. The molecule has 2 atom stereocenters. The normalized spacial score (nSPS) is 17.3. The Morgan fingerprint density at radius 1 is 1.16 bits per heavy atom. The van der Waals surface area contributed by atoms with Crippen LogP contribution in [-0.2, 0) is 37.7 Å². The van der Waals surface area contributed by atoms with E-state index in [-0.39, 0.29) is 32.1 Å². The maximum absolute atomic E-state index is 11.5. The Labute approximate surface area is 124 Å². The van der Waals surface area contributed by atoms with E-state index < -0.39 is 33.0 Å². The molecule has 0 bridgehead atoms. The Bertz CT molecular complexity index is 513. The van der Waals surface area contributed by atoms with Crippen molar-refractivity contribution in [2.24, 2.45) is 0 Å². The fraction of sp³-hybridized carbons (Fsp3) is 1.00. The fourth-order valence-electron chi connectivity index (χ4n) is 0.872. The minimum atomic E-state index is -5.11. The molecule has 110 valence electrons. The second-order valence-electron chi connectivity index (χ2n) is 2.96. The zero-order valence-corrected chi connectivity index (χ0v) is 13.5. The first-order valence-corrected chi connectivity index (χ1v) is 9.58. The summed E-state index contributed by atoms with van der Waals surface area (Å²) in [5.41, 5.74) is 0. The zero-order valence-electron chi connectivity index (χ0n) is 10.9. The Morgan fingerprint density at radius 3 is 1.95 bits per heavy atom. The van der Waals surface area contributed by atoms with Crippen LogP contribution in [0.1, 0.15) is 13.8 Å². The molecule has 2 unspecified atom stereocenters. The molecule has 0 aliphatic carbocycles. The van der Waals surface area contributed by atoms with Crippen molar-refractivity contribution in [1.82, 2.24) is 0 Å². The van der Waals surface area contributed by atoms with Gasteiger partial charge in [0.15, 0.2) is 7.60 Å². The van der Waals surface area contributed by atoms with Crippen molar-refractivity contribution in [2.75, 3.05) is 19.5 Å². The summed E-state index contributed by atoms with van der Waals surface area (Å²) in [6, 6.07) is 0. The summed E-state index contributed by atoms with van der Waals surface area (Å²) in [6.07, 6.45) is 0.507. The van der Waals surface area contributed by atoms with Crippen LogP contribution in [0.5, 0.6) is 0 Å². The Kier molecular flexibility index (Phi) is 9.34. The molecular weight excluding hydrogens is 318 g/mol. The van der Waals surface area contributed by atoms with Crippen LogP contribution in [0.3, 0.4) is 0 Å². The smallest absolute Gasteiger partial charge is 0.776 e. The van der Waals surface area contributed by atoms with Crippen molar-refractivity contribution in [1.29, 1.82) is 0 Å². The molecule has 0 aliphatic heterocycles. The van der Waals surface area contributed by atoms with Crippen LogP contribution in [0.25, 0.3) is 0 Å². The third kappa shape index (κ3) is 7.80. The summed E-state index contributed by atoms with van der Waals surface area (Å²) in [7, 11) is -14.2. The second kappa shape index (κ2) is 8.12. The Morgan fingerprint density at radius 2 is 1.63 bits per heavy atom. The van der Waals surface area contributed by atoms with Gasteiger partial charge in [0.2, 0.25) is 0 Å². The van der Waals surface area contributed by atoms with Gasteiger partial charge in [-0.3, -0.25) is 4.18 Å². The second-order valence-corrected chi connectivity index (χ2v) is 8.37. The monoisotopic (exact) mass is 332 g/mol. The van der Waals surface area contributed by atoms with Crippen molar-refractivity contribution < 1.29 is 58.0 Å². The van der Waals surface area contributed by atoms with Crippen LogP contribution < -0.4 is 23.8 Å². The van der Waals surface area contributed by atoms with Gasteiger partial charge in [-0.25, -0.2) is 4.18 Å². The van der Waals surface area contributed by atoms with Crippen LogP contribution in [0.15, 0.2) is 0 Å². The average Bonchev–Trinajstić information content (AvgIpc) is 2.12. The molecular formula is C6H14LiO9PS2. The van der Waals surface area contributed by atoms with Gasteiger partial charge >= 0.3 is 29.0 Å². The van der Waals surface area contributed by atoms with Crippen LogP contribution >= 0.6 is 7.60 Å². The van der Waals surface area contributed by atoms with Gasteiger partial charge in [-0.2, -0.15) is 16.8 Å². The van der Waals surface area contributed by atoms with E-state index in [0.29, 0.717) is 6.26 Å². The molecule has 0 N–H and O–H groups in total. The summed E-state index contributed by atoms with van der Waals surface area (Å²) in [6.45, 7) is 1.82. The van der Waals surface area contributed by atoms with Crippen molar-refractivity contribution in [2.45, 2.75) is 19.0 Å². The minimum absolute atomic E-state index is 0. The molecule has 0 aromatic rings. The van der Waals surface area contributed by atoms with Gasteiger partial charge < -0.3 is 14.0 Å². The maximum atomic E-state index is 11.5. The molecule has 0 aliphatic rings. The summed E-state index contributed by atoms with van der Waals surface area (Å²) in [5, 5.41) is -2.75. The third-order valence-corrected chi connectivity index (χ3v) is 6.10. The summed E-state index contributed by atoms with van der Waals surface area (Å²) in [4.78, 5) is 11.5. The van der Waals surface area contributed by atoms with E-state index in [2.05, 4.69) is 12.9 Å². The van der Waals surface area contributed by atoms with E-state index in [1.807, 2.05) is 0 Å². The molecule has 0 amide bonds. The predicted octanol–water partition coefficient (Wildman–Crippen LogP) is -3.79. The first-order chi connectivity index (χ1) is 7.96. The molecule has 0 heterocycles. The number of hydrogen-bond donors (Lipinski definition) is 0. The fourth-order valence-corrected chi connectivity index (χ4v) is 5.43. The SMILES string of the molecule is CCOP(=O)([O-])C(OS(C)(=O)=O)S(=O)(=O)OCC.[Li+]. The van der Waals surface area contributed by atoms with E-state index in [0.717, 1.165) is 0 Å². The Hall–Kier alpha value is 0.567. The standard InChI is InChI=1S/C6H15O9PS2.Li/c1-4-13-16(7,8)6(15-17(3,9)10)18(11,12)14-5-2;/h6H,4-5H2,1-3H3,(H,7,8);/q;+1/p-1. The summed E-state index contributed by atoms with van der Waals surface area (Å²) < 4.78 is 68.6. The first-order valence-electron chi connectivity index (χ1n) is 4.68. The first kappa shape index (κ1) is 21.9. The molecule has 9 nitrogen and oxygen atoms in total. The van der Waals surface area contributed by atoms with Crippen molar-refractivity contribution in [3.8, 4) is 0 Å². The van der Waals surface area contributed by atoms with Gasteiger partial charge in [-0.05, 0) is 13.8 Å². The van der Waals surface area contributed by atoms with Crippen LogP contribution in [-0.4, -0.2) is 41.5 Å². The van der Waals surface area contributed by atoms with E-state index in [9.17, 15) is 26.3 Å². The van der Waals surface area contributed by atoms with Crippen LogP contribution in [0.4, 0.5) is 0 Å². The molecule has 13 heteroatoms. The molecule has 0 fully saturated rings. The van der Waals surface area contributed by atoms with E-state index in [4.69, 9.17) is 0 Å². The molecule has 0 aromatic carbocycles. The molecule has 0 aromatic heterocycles. The summed E-state index contributed by atoms with van der Waals surface area (Å²) >= 11 is 0. The zero-order chi connectivity index (χ0) is 14.6. The average molecular weight is 332 g/mol. The van der Waals surface area contributed by atoms with Crippen LogP contribution in [0.2, 0.25) is 0 Å². The van der Waals surface area contributed by atoms with Crippen molar-refractivity contribution >= 4 is 27.8 Å². The molecule has 0 saturated heterocycles. The number of hydrogen-bond acceptors (Lipinski definition) is 9. The maximum Gasteiger partial charge on any atom is 1.00 e. The summed E-state index contributed by atoms with van der Waals surface area (Å²) in [5.74, 6) is 0. The minimum Gasteiger partial charge on any atom is -0.776 e. The third-order valence-electron chi connectivity index (χ3n) is 1.35. The van der Waals surface area contributed by atoms with E-state index in [1.165, 1.54) is 13.8 Å². The van der Waals surface area contributed by atoms with Gasteiger partial charge in [0, 0.05) is 0 Å².